The number of hydrogen-bond donors (Lipinski definition) is 3. The summed E-state index contributed by atoms with van der Waals surface area (Å²) in [5.41, 5.74) is 2.12. The molecule has 0 aliphatic rings. The van der Waals surface area contributed by atoms with Crippen molar-refractivity contribution in [2.75, 3.05) is 18.9 Å². The number of nitrogens with one attached hydrogen (secondary N) is 3. The highest BCUT2D eigenvalue weighted by Crippen LogP contribution is 2.22. The van der Waals surface area contributed by atoms with Gasteiger partial charge in [-0.3, -0.25) is 9.59 Å². The van der Waals surface area contributed by atoms with Crippen molar-refractivity contribution in [1.82, 2.24) is 25.1 Å². The van der Waals surface area contributed by atoms with Crippen molar-refractivity contribution >= 4 is 28.7 Å². The molecule has 0 unspecified atom stereocenters. The number of aldehydes is 1. The molecular formula is C22H21F3N6O2. The minimum Gasteiger partial charge on any atom is -0.329 e. The summed E-state index contributed by atoms with van der Waals surface area (Å²) in [6.45, 7) is -0.910. The summed E-state index contributed by atoms with van der Waals surface area (Å²) >= 11 is 0. The quantitative estimate of drug-likeness (QED) is 0.395. The van der Waals surface area contributed by atoms with E-state index in [2.05, 4.69) is 20.4 Å². The summed E-state index contributed by atoms with van der Waals surface area (Å²) < 4.78 is 34.6. The van der Waals surface area contributed by atoms with Crippen molar-refractivity contribution in [3.63, 3.8) is 0 Å². The Morgan fingerprint density at radius 2 is 1.85 bits per heavy atom. The second-order valence-electron chi connectivity index (χ2n) is 7.00. The van der Waals surface area contributed by atoms with Crippen LogP contribution in [0.15, 0.2) is 59.5 Å². The number of halogens is 3. The van der Waals surface area contributed by atoms with Crippen LogP contribution in [0.3, 0.4) is 0 Å². The molecule has 11 heteroatoms. The van der Waals surface area contributed by atoms with E-state index in [-0.39, 0.29) is 5.56 Å². The van der Waals surface area contributed by atoms with Gasteiger partial charge in [-0.2, -0.15) is 18.2 Å². The fraction of sp³-hybridized carbons (Fsp3) is 0.182. The van der Waals surface area contributed by atoms with Gasteiger partial charge in [0.05, 0.1) is 6.54 Å². The molecule has 0 aliphatic carbocycles. The molecule has 4 rings (SSSR count). The van der Waals surface area contributed by atoms with Gasteiger partial charge in [0.15, 0.2) is 5.82 Å². The van der Waals surface area contributed by atoms with Gasteiger partial charge < -0.3 is 15.6 Å². The molecule has 0 aliphatic heterocycles. The van der Waals surface area contributed by atoms with Gasteiger partial charge in [-0.1, -0.05) is 24.3 Å². The molecule has 0 bridgehead atoms. The van der Waals surface area contributed by atoms with E-state index in [1.807, 2.05) is 35.6 Å². The van der Waals surface area contributed by atoms with Crippen LogP contribution in [0.4, 0.5) is 24.8 Å². The summed E-state index contributed by atoms with van der Waals surface area (Å²) in [7, 11) is 3.05. The van der Waals surface area contributed by atoms with E-state index < -0.39 is 12.7 Å². The van der Waals surface area contributed by atoms with E-state index in [1.165, 1.54) is 7.05 Å². The lowest BCUT2D eigenvalue weighted by atomic mass is 10.1. The largest absolute Gasteiger partial charge is 0.401 e. The van der Waals surface area contributed by atoms with Crippen molar-refractivity contribution in [2.45, 2.75) is 6.18 Å². The first-order chi connectivity index (χ1) is 15.7. The monoisotopic (exact) mass is 458 g/mol. The number of alkyl halides is 3. The van der Waals surface area contributed by atoms with Crippen LogP contribution in [0.5, 0.6) is 0 Å². The Kier molecular flexibility index (Phi) is 7.23. The summed E-state index contributed by atoms with van der Waals surface area (Å²) in [6, 6.07) is 14.4. The first-order valence-electron chi connectivity index (χ1n) is 9.76. The van der Waals surface area contributed by atoms with Crippen LogP contribution in [0.2, 0.25) is 0 Å². The molecule has 8 nitrogen and oxygen atoms in total. The SMILES string of the molecule is CNCC(F)(F)F.Cn1nc(-c2ccc(C=O)cc2)nc1Nc1ccc2c(=O)[nH]ccc2c1. The highest BCUT2D eigenvalue weighted by Gasteiger charge is 2.24. The van der Waals surface area contributed by atoms with Crippen LogP contribution in [0, 0.1) is 0 Å². The van der Waals surface area contributed by atoms with E-state index in [4.69, 9.17) is 0 Å². The van der Waals surface area contributed by atoms with Crippen molar-refractivity contribution in [1.29, 1.82) is 0 Å². The Morgan fingerprint density at radius 1 is 1.12 bits per heavy atom. The normalized spacial score (nSPS) is 11.1. The van der Waals surface area contributed by atoms with Crippen LogP contribution in [-0.2, 0) is 7.05 Å². The lowest BCUT2D eigenvalue weighted by Gasteiger charge is -2.05. The first-order valence-corrected chi connectivity index (χ1v) is 9.76. The number of nitrogens with zero attached hydrogens (tertiary/aromatic N) is 3. The van der Waals surface area contributed by atoms with Gasteiger partial charge in [0.1, 0.15) is 6.29 Å². The molecule has 172 valence electrons. The molecule has 0 saturated carbocycles. The van der Waals surface area contributed by atoms with E-state index in [9.17, 15) is 22.8 Å². The number of pyridine rings is 1. The fourth-order valence-corrected chi connectivity index (χ4v) is 2.93. The van der Waals surface area contributed by atoms with E-state index in [0.717, 1.165) is 22.9 Å². The van der Waals surface area contributed by atoms with E-state index in [1.54, 1.807) is 36.1 Å². The fourth-order valence-electron chi connectivity index (χ4n) is 2.93. The number of H-pyrrole nitrogens is 1. The minimum atomic E-state index is -4.06. The molecule has 0 atom stereocenters. The van der Waals surface area contributed by atoms with Gasteiger partial charge in [0.25, 0.3) is 5.56 Å². The average molecular weight is 458 g/mol. The van der Waals surface area contributed by atoms with Crippen molar-refractivity contribution in [3.05, 3.63) is 70.6 Å². The van der Waals surface area contributed by atoms with Gasteiger partial charge >= 0.3 is 6.18 Å². The number of anilines is 2. The molecule has 0 amide bonds. The molecule has 33 heavy (non-hydrogen) atoms. The van der Waals surface area contributed by atoms with Crippen molar-refractivity contribution in [3.8, 4) is 11.4 Å². The third-order valence-electron chi connectivity index (χ3n) is 4.47. The van der Waals surface area contributed by atoms with Crippen LogP contribution in [-0.4, -0.2) is 45.8 Å². The maximum absolute atomic E-state index is 11.8. The number of benzene rings is 2. The standard InChI is InChI=1S/C19H15N5O2.C3H6F3N/c1-24-19(22-17(23-24)13-4-2-12(11-25)3-5-13)21-15-6-7-16-14(10-15)8-9-20-18(16)26;1-7-2-3(4,5)6/h2-11H,1H3,(H,20,26)(H,21,22,23);7H,2H2,1H3. The number of hydrogen-bond acceptors (Lipinski definition) is 6. The van der Waals surface area contributed by atoms with Crippen molar-refractivity contribution < 1.29 is 18.0 Å². The van der Waals surface area contributed by atoms with Gasteiger partial charge in [-0.05, 0) is 36.7 Å². The summed E-state index contributed by atoms with van der Waals surface area (Å²) in [5.74, 6) is 1.13. The van der Waals surface area contributed by atoms with Crippen LogP contribution in [0.25, 0.3) is 22.2 Å². The Morgan fingerprint density at radius 3 is 2.45 bits per heavy atom. The molecule has 0 fully saturated rings. The zero-order valence-corrected chi connectivity index (χ0v) is 17.8. The Hall–Kier alpha value is -3.99. The molecule has 4 aromatic rings. The average Bonchev–Trinajstić information content (AvgIpc) is 3.14. The summed E-state index contributed by atoms with van der Waals surface area (Å²) in [4.78, 5) is 29.7. The zero-order chi connectivity index (χ0) is 24.0. The maximum Gasteiger partial charge on any atom is 0.401 e. The number of rotatable bonds is 5. The number of carbonyl (C=O) groups excluding carboxylic acids is 1. The molecular weight excluding hydrogens is 437 g/mol. The van der Waals surface area contributed by atoms with Gasteiger partial charge in [-0.15, -0.1) is 5.10 Å². The summed E-state index contributed by atoms with van der Waals surface area (Å²) in [6.07, 6.45) is -1.64. The van der Waals surface area contributed by atoms with E-state index >= 15 is 0 Å². The lowest BCUT2D eigenvalue weighted by molar-refractivity contribution is -0.123. The Balaban J connectivity index is 0.000000383. The third-order valence-corrected chi connectivity index (χ3v) is 4.47. The molecule has 2 heterocycles. The van der Waals surface area contributed by atoms with E-state index in [0.29, 0.717) is 22.7 Å². The number of carbonyl (C=O) groups is 1. The summed E-state index contributed by atoms with van der Waals surface area (Å²) in [5, 5.41) is 11.1. The smallest absolute Gasteiger partial charge is 0.329 e. The highest BCUT2D eigenvalue weighted by atomic mass is 19.4. The Labute approximate surface area is 186 Å². The second-order valence-corrected chi connectivity index (χ2v) is 7.00. The molecule has 2 aromatic heterocycles. The number of aryl methyl sites for hydroxylation is 1. The molecule has 0 spiro atoms. The van der Waals surface area contributed by atoms with Crippen LogP contribution in [0.1, 0.15) is 10.4 Å². The predicted octanol–water partition coefficient (Wildman–Crippen LogP) is 3.65. The van der Waals surface area contributed by atoms with Gasteiger partial charge in [0.2, 0.25) is 5.95 Å². The zero-order valence-electron chi connectivity index (χ0n) is 17.8. The highest BCUT2D eigenvalue weighted by molar-refractivity contribution is 5.85. The molecule has 0 radical (unpaired) electrons. The second kappa shape index (κ2) is 10.1. The van der Waals surface area contributed by atoms with Crippen LogP contribution < -0.4 is 16.2 Å². The van der Waals surface area contributed by atoms with Gasteiger partial charge in [0, 0.05) is 35.4 Å². The van der Waals surface area contributed by atoms with Crippen molar-refractivity contribution in [2.24, 2.45) is 7.05 Å². The predicted molar refractivity (Wildman–Crippen MR) is 120 cm³/mol. The minimum absolute atomic E-state index is 0.117. The van der Waals surface area contributed by atoms with Crippen LogP contribution >= 0.6 is 0 Å². The number of aromatic nitrogens is 4. The first kappa shape index (κ1) is 23.7. The van der Waals surface area contributed by atoms with Gasteiger partial charge in [-0.25, -0.2) is 4.68 Å². The number of fused-ring (bicyclic) bond motifs is 1. The third kappa shape index (κ3) is 6.26. The molecule has 0 saturated heterocycles. The topological polar surface area (TPSA) is 105 Å². The molecule has 3 N–H and O–H groups in total. The molecule has 2 aromatic carbocycles. The number of aromatic amines is 1. The Bertz CT molecular complexity index is 1300. The lowest BCUT2D eigenvalue weighted by Crippen LogP contribution is -2.25. The maximum atomic E-state index is 11.8.